The Morgan fingerprint density at radius 3 is 2.89 bits per heavy atom. The number of benzene rings is 1. The summed E-state index contributed by atoms with van der Waals surface area (Å²) in [6.07, 6.45) is 10.7. The summed E-state index contributed by atoms with van der Waals surface area (Å²) in [5.41, 5.74) is 4.70. The first-order valence-electron chi connectivity index (χ1n) is 8.92. The summed E-state index contributed by atoms with van der Waals surface area (Å²) in [4.78, 5) is 4.22. The third-order valence-electron chi connectivity index (χ3n) is 4.71. The molecule has 3 heterocycles. The Hall–Kier alpha value is -3.54. The number of fused-ring (bicyclic) bond motifs is 2. The van der Waals surface area contributed by atoms with Crippen molar-refractivity contribution in [1.29, 1.82) is 0 Å². The molecule has 1 aromatic carbocycles. The SMILES string of the molecule is Oc1cnc2ccc(Cc3nnc4ccc(C5=CCCC=C5)nn34)cc2c1. The van der Waals surface area contributed by atoms with Gasteiger partial charge in [0.15, 0.2) is 11.5 Å². The van der Waals surface area contributed by atoms with Crippen molar-refractivity contribution < 1.29 is 5.11 Å². The average Bonchev–Trinajstić information content (AvgIpc) is 3.10. The van der Waals surface area contributed by atoms with Crippen LogP contribution < -0.4 is 0 Å². The van der Waals surface area contributed by atoms with Crippen LogP contribution in [0.25, 0.3) is 22.1 Å². The maximum Gasteiger partial charge on any atom is 0.177 e. The lowest BCUT2D eigenvalue weighted by Crippen LogP contribution is -2.03. The fraction of sp³-hybridized carbons (Fsp3) is 0.143. The van der Waals surface area contributed by atoms with Gasteiger partial charge in [0.1, 0.15) is 5.75 Å². The predicted molar refractivity (Wildman–Crippen MR) is 103 cm³/mol. The maximum absolute atomic E-state index is 9.66. The molecule has 132 valence electrons. The largest absolute Gasteiger partial charge is 0.506 e. The van der Waals surface area contributed by atoms with Crippen molar-refractivity contribution >= 4 is 22.1 Å². The molecular formula is C21H17N5O. The number of hydrogen-bond acceptors (Lipinski definition) is 5. The highest BCUT2D eigenvalue weighted by Crippen LogP contribution is 2.22. The van der Waals surface area contributed by atoms with Crippen LogP contribution in [0.1, 0.15) is 29.9 Å². The summed E-state index contributed by atoms with van der Waals surface area (Å²) in [7, 11) is 0. The second-order valence-corrected chi connectivity index (χ2v) is 6.64. The zero-order valence-corrected chi connectivity index (χ0v) is 14.6. The monoisotopic (exact) mass is 355 g/mol. The number of aromatic nitrogens is 5. The van der Waals surface area contributed by atoms with Gasteiger partial charge >= 0.3 is 0 Å². The van der Waals surface area contributed by atoms with E-state index >= 15 is 0 Å². The Labute approximate surface area is 155 Å². The van der Waals surface area contributed by atoms with Gasteiger partial charge in [-0.05, 0) is 54.3 Å². The van der Waals surface area contributed by atoms with Gasteiger partial charge in [0, 0.05) is 11.8 Å². The molecule has 4 aromatic rings. The molecule has 1 N–H and O–H groups in total. The van der Waals surface area contributed by atoms with E-state index in [1.54, 1.807) is 6.07 Å². The van der Waals surface area contributed by atoms with Crippen LogP contribution in [-0.2, 0) is 6.42 Å². The quantitative estimate of drug-likeness (QED) is 0.606. The first-order chi connectivity index (χ1) is 13.3. The average molecular weight is 355 g/mol. The topological polar surface area (TPSA) is 76.2 Å². The molecule has 0 bridgehead atoms. The number of pyridine rings is 1. The fourth-order valence-electron chi connectivity index (χ4n) is 3.36. The minimum Gasteiger partial charge on any atom is -0.506 e. The minimum atomic E-state index is 0.160. The normalized spacial score (nSPS) is 14.0. The molecule has 0 aliphatic heterocycles. The summed E-state index contributed by atoms with van der Waals surface area (Å²) in [6.45, 7) is 0. The standard InChI is InChI=1S/C21H17N5O/c27-17-12-16-10-14(6-7-18(16)22-13-17)11-21-24-23-20-9-8-19(25-26(20)21)15-4-2-1-3-5-15/h2,4-10,12-13,27H,1,3,11H2. The molecule has 0 atom stereocenters. The predicted octanol–water partition coefficient (Wildman–Crippen LogP) is 3.70. The van der Waals surface area contributed by atoms with E-state index < -0.39 is 0 Å². The third kappa shape index (κ3) is 2.95. The molecule has 6 heteroatoms. The summed E-state index contributed by atoms with van der Waals surface area (Å²) < 4.78 is 1.81. The van der Waals surface area contributed by atoms with Gasteiger partial charge in [-0.3, -0.25) is 4.98 Å². The van der Waals surface area contributed by atoms with Crippen molar-refractivity contribution in [1.82, 2.24) is 24.8 Å². The Morgan fingerprint density at radius 1 is 1.04 bits per heavy atom. The molecular weight excluding hydrogens is 338 g/mol. The molecule has 0 saturated carbocycles. The lowest BCUT2D eigenvalue weighted by atomic mass is 10.0. The van der Waals surface area contributed by atoms with Gasteiger partial charge in [-0.15, -0.1) is 10.2 Å². The van der Waals surface area contributed by atoms with Gasteiger partial charge in [0.2, 0.25) is 0 Å². The van der Waals surface area contributed by atoms with Gasteiger partial charge < -0.3 is 5.11 Å². The molecule has 0 radical (unpaired) electrons. The summed E-state index contributed by atoms with van der Waals surface area (Å²) in [6, 6.07) is 11.6. The smallest absolute Gasteiger partial charge is 0.177 e. The Morgan fingerprint density at radius 2 is 2.00 bits per heavy atom. The van der Waals surface area contributed by atoms with Gasteiger partial charge in [-0.2, -0.15) is 9.61 Å². The van der Waals surface area contributed by atoms with Crippen LogP contribution in [-0.4, -0.2) is 29.9 Å². The first-order valence-corrected chi connectivity index (χ1v) is 8.92. The van der Waals surface area contributed by atoms with Crippen molar-refractivity contribution in [2.45, 2.75) is 19.3 Å². The molecule has 0 unspecified atom stereocenters. The van der Waals surface area contributed by atoms with Crippen molar-refractivity contribution in [3.8, 4) is 5.75 Å². The van der Waals surface area contributed by atoms with E-state index in [-0.39, 0.29) is 5.75 Å². The number of hydrogen-bond donors (Lipinski definition) is 1. The van der Waals surface area contributed by atoms with E-state index in [0.717, 1.165) is 52.0 Å². The van der Waals surface area contributed by atoms with Crippen LogP contribution >= 0.6 is 0 Å². The number of aromatic hydroxyl groups is 1. The van der Waals surface area contributed by atoms with E-state index in [9.17, 15) is 5.11 Å². The van der Waals surface area contributed by atoms with Gasteiger partial charge in [-0.25, -0.2) is 0 Å². The molecule has 6 nitrogen and oxygen atoms in total. The Bertz CT molecular complexity index is 1220. The van der Waals surface area contributed by atoms with Crippen LogP contribution in [0.2, 0.25) is 0 Å². The Balaban J connectivity index is 1.53. The summed E-state index contributed by atoms with van der Waals surface area (Å²) >= 11 is 0. The lowest BCUT2D eigenvalue weighted by Gasteiger charge is -2.07. The molecule has 1 aliphatic rings. The summed E-state index contributed by atoms with van der Waals surface area (Å²) in [5.74, 6) is 0.937. The highest BCUT2D eigenvalue weighted by molar-refractivity contribution is 5.80. The molecule has 0 saturated heterocycles. The molecule has 1 aliphatic carbocycles. The lowest BCUT2D eigenvalue weighted by molar-refractivity contribution is 0.474. The van der Waals surface area contributed by atoms with E-state index in [2.05, 4.69) is 33.4 Å². The van der Waals surface area contributed by atoms with Crippen molar-refractivity contribution in [3.63, 3.8) is 0 Å². The van der Waals surface area contributed by atoms with Crippen molar-refractivity contribution in [3.05, 3.63) is 77.9 Å². The van der Waals surface area contributed by atoms with Gasteiger partial charge in [0.05, 0.1) is 17.4 Å². The molecule has 0 amide bonds. The van der Waals surface area contributed by atoms with E-state index in [1.807, 2.05) is 34.8 Å². The van der Waals surface area contributed by atoms with E-state index in [1.165, 1.54) is 6.20 Å². The van der Waals surface area contributed by atoms with Crippen LogP contribution in [0, 0.1) is 0 Å². The van der Waals surface area contributed by atoms with Crippen LogP contribution in [0.15, 0.2) is 60.8 Å². The van der Waals surface area contributed by atoms with E-state index in [4.69, 9.17) is 5.10 Å². The first kappa shape index (κ1) is 15.7. The van der Waals surface area contributed by atoms with Crippen molar-refractivity contribution in [2.24, 2.45) is 0 Å². The molecule has 0 spiro atoms. The zero-order valence-electron chi connectivity index (χ0n) is 14.6. The molecule has 27 heavy (non-hydrogen) atoms. The molecule has 3 aromatic heterocycles. The summed E-state index contributed by atoms with van der Waals surface area (Å²) in [5, 5.41) is 23.9. The highest BCUT2D eigenvalue weighted by Gasteiger charge is 2.11. The second kappa shape index (κ2) is 6.32. The van der Waals surface area contributed by atoms with Crippen LogP contribution in [0.5, 0.6) is 5.75 Å². The van der Waals surface area contributed by atoms with Crippen LogP contribution in [0.4, 0.5) is 0 Å². The van der Waals surface area contributed by atoms with Crippen LogP contribution in [0.3, 0.4) is 0 Å². The minimum absolute atomic E-state index is 0.160. The molecule has 5 rings (SSSR count). The fourth-order valence-corrected chi connectivity index (χ4v) is 3.36. The molecule has 0 fully saturated rings. The van der Waals surface area contributed by atoms with E-state index in [0.29, 0.717) is 6.42 Å². The second-order valence-electron chi connectivity index (χ2n) is 6.64. The number of rotatable bonds is 3. The Kier molecular flexibility index (Phi) is 3.67. The highest BCUT2D eigenvalue weighted by atomic mass is 16.3. The zero-order chi connectivity index (χ0) is 18.2. The number of allylic oxidation sites excluding steroid dienone is 4. The number of nitrogens with zero attached hydrogens (tertiary/aromatic N) is 5. The van der Waals surface area contributed by atoms with Gasteiger partial charge in [-0.1, -0.05) is 24.3 Å². The maximum atomic E-state index is 9.66. The van der Waals surface area contributed by atoms with Gasteiger partial charge in [0.25, 0.3) is 0 Å². The van der Waals surface area contributed by atoms with Crippen molar-refractivity contribution in [2.75, 3.05) is 0 Å². The third-order valence-corrected chi connectivity index (χ3v) is 4.71.